The molecule has 0 aliphatic heterocycles. The van der Waals surface area contributed by atoms with Gasteiger partial charge in [0.25, 0.3) is 11.6 Å². The molecule has 3 rings (SSSR count). The van der Waals surface area contributed by atoms with Crippen LogP contribution in [0, 0.1) is 24.0 Å². The molecule has 2 aromatic carbocycles. The van der Waals surface area contributed by atoms with Gasteiger partial charge in [0.2, 0.25) is 0 Å². The molecular formula is C23H21Cl2N3O6. The summed E-state index contributed by atoms with van der Waals surface area (Å²) in [5.74, 6) is -0.772. The van der Waals surface area contributed by atoms with E-state index in [2.05, 4.69) is 5.32 Å². The number of nitro benzene ring substituents is 1. The zero-order valence-corrected chi connectivity index (χ0v) is 20.2. The minimum absolute atomic E-state index is 0.0138. The lowest BCUT2D eigenvalue weighted by Crippen LogP contribution is -2.30. The van der Waals surface area contributed by atoms with Crippen LogP contribution in [0.4, 0.5) is 11.4 Å². The summed E-state index contributed by atoms with van der Waals surface area (Å²) in [6.45, 7) is 4.97. The summed E-state index contributed by atoms with van der Waals surface area (Å²) >= 11 is 12.2. The van der Waals surface area contributed by atoms with Crippen molar-refractivity contribution in [2.75, 3.05) is 12.4 Å². The van der Waals surface area contributed by atoms with E-state index >= 15 is 0 Å². The summed E-state index contributed by atoms with van der Waals surface area (Å²) in [6, 6.07) is 10.4. The first-order chi connectivity index (χ1) is 16.0. The lowest BCUT2D eigenvalue weighted by atomic mass is 10.2. The molecular weight excluding hydrogens is 485 g/mol. The Morgan fingerprint density at radius 2 is 1.82 bits per heavy atom. The number of non-ortho nitro benzene ring substituents is 1. The quantitative estimate of drug-likeness (QED) is 0.257. The number of nitrogens with one attached hydrogen (secondary N) is 1. The molecule has 3 aromatic rings. The van der Waals surface area contributed by atoms with Gasteiger partial charge in [0.15, 0.2) is 6.10 Å². The number of carbonyl (C=O) groups is 2. The molecule has 0 saturated carbocycles. The van der Waals surface area contributed by atoms with Gasteiger partial charge in [-0.05, 0) is 51.1 Å². The number of hydrogen-bond acceptors (Lipinski definition) is 6. The predicted octanol–water partition coefficient (Wildman–Crippen LogP) is 5.50. The molecule has 11 heteroatoms. The van der Waals surface area contributed by atoms with Crippen LogP contribution in [0.2, 0.25) is 10.0 Å². The molecule has 0 radical (unpaired) electrons. The van der Waals surface area contributed by atoms with Crippen LogP contribution in [-0.2, 0) is 9.53 Å². The third kappa shape index (κ3) is 5.16. The number of carbonyl (C=O) groups excluding carboxylic acids is 2. The Hall–Kier alpha value is -3.56. The summed E-state index contributed by atoms with van der Waals surface area (Å²) in [7, 11) is 1.54. The second-order valence-electron chi connectivity index (χ2n) is 7.39. The van der Waals surface area contributed by atoms with Crippen LogP contribution in [-0.4, -0.2) is 34.6 Å². The molecule has 0 aliphatic rings. The molecule has 0 aliphatic carbocycles. The molecule has 1 N–H and O–H groups in total. The highest BCUT2D eigenvalue weighted by Crippen LogP contribution is 2.31. The molecule has 1 heterocycles. The van der Waals surface area contributed by atoms with Crippen molar-refractivity contribution in [3.8, 4) is 11.4 Å². The molecule has 1 amide bonds. The number of methoxy groups -OCH3 is 1. The number of aryl methyl sites for hydroxylation is 1. The molecule has 34 heavy (non-hydrogen) atoms. The summed E-state index contributed by atoms with van der Waals surface area (Å²) in [4.78, 5) is 35.6. The molecule has 0 bridgehead atoms. The van der Waals surface area contributed by atoms with E-state index in [1.54, 1.807) is 31.2 Å². The number of ether oxygens (including phenoxy) is 2. The molecule has 9 nitrogen and oxygen atoms in total. The maximum atomic E-state index is 12.9. The minimum Gasteiger partial charge on any atom is -0.495 e. The number of nitrogens with zero attached hydrogens (tertiary/aromatic N) is 2. The topological polar surface area (TPSA) is 113 Å². The van der Waals surface area contributed by atoms with Crippen LogP contribution >= 0.6 is 23.2 Å². The van der Waals surface area contributed by atoms with Crippen molar-refractivity contribution in [2.24, 2.45) is 0 Å². The van der Waals surface area contributed by atoms with Crippen LogP contribution in [0.3, 0.4) is 0 Å². The smallest absolute Gasteiger partial charge is 0.340 e. The zero-order valence-electron chi connectivity index (χ0n) is 18.7. The number of esters is 1. The number of halogens is 2. The first kappa shape index (κ1) is 25.1. The Labute approximate surface area is 205 Å². The minimum atomic E-state index is -1.16. The number of rotatable bonds is 7. The Morgan fingerprint density at radius 1 is 1.12 bits per heavy atom. The van der Waals surface area contributed by atoms with E-state index in [0.29, 0.717) is 22.2 Å². The molecule has 1 aromatic heterocycles. The predicted molar refractivity (Wildman–Crippen MR) is 128 cm³/mol. The molecule has 0 unspecified atom stereocenters. The number of nitro groups is 1. The standard InChI is InChI=1S/C23H21Cl2N3O6/c1-12-9-17(13(2)27(12)20-10-15(24)5-8-21(20)33-4)23(30)34-14(3)22(29)26-19-7-6-16(28(31)32)11-18(19)25/h5-11,14H,1-4H3,(H,26,29)/t14-/m0/s1. The van der Waals surface area contributed by atoms with Crippen molar-refractivity contribution in [3.63, 3.8) is 0 Å². The van der Waals surface area contributed by atoms with E-state index in [1.165, 1.54) is 26.2 Å². The fourth-order valence-corrected chi connectivity index (χ4v) is 3.80. The van der Waals surface area contributed by atoms with Gasteiger partial charge in [0.1, 0.15) is 5.75 Å². The Morgan fingerprint density at radius 3 is 2.44 bits per heavy atom. The first-order valence-corrected chi connectivity index (χ1v) is 10.8. The average Bonchev–Trinajstić information content (AvgIpc) is 3.08. The fourth-order valence-electron chi connectivity index (χ4n) is 3.41. The third-order valence-corrected chi connectivity index (χ3v) is 5.66. The van der Waals surface area contributed by atoms with Crippen molar-refractivity contribution in [2.45, 2.75) is 26.9 Å². The molecule has 1 atom stereocenters. The average molecular weight is 506 g/mol. The van der Waals surface area contributed by atoms with Gasteiger partial charge >= 0.3 is 5.97 Å². The van der Waals surface area contributed by atoms with Crippen LogP contribution in [0.15, 0.2) is 42.5 Å². The van der Waals surface area contributed by atoms with E-state index in [9.17, 15) is 19.7 Å². The highest BCUT2D eigenvalue weighted by molar-refractivity contribution is 6.34. The van der Waals surface area contributed by atoms with Crippen molar-refractivity contribution in [1.29, 1.82) is 0 Å². The Kier molecular flexibility index (Phi) is 7.48. The first-order valence-electron chi connectivity index (χ1n) is 10.0. The molecule has 178 valence electrons. The van der Waals surface area contributed by atoms with Crippen LogP contribution in [0.5, 0.6) is 5.75 Å². The van der Waals surface area contributed by atoms with E-state index in [4.69, 9.17) is 32.7 Å². The van der Waals surface area contributed by atoms with E-state index in [-0.39, 0.29) is 22.0 Å². The van der Waals surface area contributed by atoms with Gasteiger partial charge in [-0.2, -0.15) is 0 Å². The Bertz CT molecular complexity index is 1290. The van der Waals surface area contributed by atoms with Crippen LogP contribution < -0.4 is 10.1 Å². The summed E-state index contributed by atoms with van der Waals surface area (Å²) in [6.07, 6.45) is -1.16. The lowest BCUT2D eigenvalue weighted by molar-refractivity contribution is -0.384. The number of hydrogen-bond donors (Lipinski definition) is 1. The second kappa shape index (κ2) is 10.1. The van der Waals surface area contributed by atoms with Gasteiger partial charge in [0, 0.05) is 28.5 Å². The van der Waals surface area contributed by atoms with Crippen LogP contribution in [0.1, 0.15) is 28.7 Å². The van der Waals surface area contributed by atoms with E-state index in [1.807, 2.05) is 11.5 Å². The normalized spacial score (nSPS) is 11.6. The van der Waals surface area contributed by atoms with Gasteiger partial charge in [-0.3, -0.25) is 14.9 Å². The maximum Gasteiger partial charge on any atom is 0.340 e. The van der Waals surface area contributed by atoms with Gasteiger partial charge in [0.05, 0.1) is 34.0 Å². The van der Waals surface area contributed by atoms with Crippen molar-refractivity contribution in [1.82, 2.24) is 4.57 Å². The molecule has 0 saturated heterocycles. The number of aromatic nitrogens is 1. The van der Waals surface area contributed by atoms with E-state index < -0.39 is 22.9 Å². The summed E-state index contributed by atoms with van der Waals surface area (Å²) < 4.78 is 12.6. The number of anilines is 1. The van der Waals surface area contributed by atoms with Crippen molar-refractivity contribution < 1.29 is 24.0 Å². The molecule has 0 fully saturated rings. The fraction of sp³-hybridized carbons (Fsp3) is 0.217. The van der Waals surface area contributed by atoms with E-state index in [0.717, 1.165) is 11.8 Å². The number of amides is 1. The summed E-state index contributed by atoms with van der Waals surface area (Å²) in [5.41, 5.74) is 2.18. The van der Waals surface area contributed by atoms with Crippen molar-refractivity contribution in [3.05, 3.63) is 79.6 Å². The second-order valence-corrected chi connectivity index (χ2v) is 8.24. The molecule has 0 spiro atoms. The van der Waals surface area contributed by atoms with Gasteiger partial charge in [-0.1, -0.05) is 23.2 Å². The number of benzene rings is 2. The van der Waals surface area contributed by atoms with Crippen molar-refractivity contribution >= 4 is 46.5 Å². The van der Waals surface area contributed by atoms with Crippen LogP contribution in [0.25, 0.3) is 5.69 Å². The monoisotopic (exact) mass is 505 g/mol. The maximum absolute atomic E-state index is 12.9. The van der Waals surface area contributed by atoms with Gasteiger partial charge in [-0.25, -0.2) is 4.79 Å². The third-order valence-electron chi connectivity index (χ3n) is 5.11. The van der Waals surface area contributed by atoms with Gasteiger partial charge < -0.3 is 19.4 Å². The van der Waals surface area contributed by atoms with Gasteiger partial charge in [-0.15, -0.1) is 0 Å². The highest BCUT2D eigenvalue weighted by Gasteiger charge is 2.24. The summed E-state index contributed by atoms with van der Waals surface area (Å²) in [5, 5.41) is 13.8. The SMILES string of the molecule is COc1ccc(Cl)cc1-n1c(C)cc(C(=O)O[C@@H](C)C(=O)Nc2ccc([N+](=O)[O-])cc2Cl)c1C. The highest BCUT2D eigenvalue weighted by atomic mass is 35.5. The Balaban J connectivity index is 1.79. The lowest BCUT2D eigenvalue weighted by Gasteiger charge is -2.15. The zero-order chi connectivity index (χ0) is 25.2. The largest absolute Gasteiger partial charge is 0.495 e.